The molecule has 1 amide bonds. The Kier molecular flexibility index (Phi) is 7.37. The molecule has 0 radical (unpaired) electrons. The van der Waals surface area contributed by atoms with E-state index in [0.717, 1.165) is 5.56 Å². The molecule has 7 nitrogen and oxygen atoms in total. The Labute approximate surface area is 142 Å². The minimum Gasteiger partial charge on any atom is -0.456 e. The van der Waals surface area contributed by atoms with Crippen molar-refractivity contribution in [2.24, 2.45) is 0 Å². The van der Waals surface area contributed by atoms with Gasteiger partial charge in [0.25, 0.3) is 5.91 Å². The molecule has 134 valence electrons. The van der Waals surface area contributed by atoms with Crippen molar-refractivity contribution in [3.8, 4) is 0 Å². The van der Waals surface area contributed by atoms with Crippen LogP contribution in [0.4, 0.5) is 0 Å². The van der Waals surface area contributed by atoms with Crippen LogP contribution < -0.4 is 10.0 Å². The molecular formula is C16H24N2O5S. The van der Waals surface area contributed by atoms with Gasteiger partial charge in [-0.1, -0.05) is 12.1 Å². The predicted octanol–water partition coefficient (Wildman–Crippen LogP) is 1.04. The maximum atomic E-state index is 12.2. The van der Waals surface area contributed by atoms with Crippen LogP contribution in [0.15, 0.2) is 23.1 Å². The molecule has 0 aromatic heterocycles. The van der Waals surface area contributed by atoms with Gasteiger partial charge < -0.3 is 10.1 Å². The van der Waals surface area contributed by atoms with Crippen molar-refractivity contribution in [2.75, 3.05) is 13.2 Å². The number of amides is 1. The average Bonchev–Trinajstić information content (AvgIpc) is 2.46. The SMILES string of the molecule is Cc1ccc(C)c(S(=O)(=O)NCCC(=O)OCC(=O)NC(C)C)c1. The summed E-state index contributed by atoms with van der Waals surface area (Å²) in [6.07, 6.45) is -0.154. The summed E-state index contributed by atoms with van der Waals surface area (Å²) in [6, 6.07) is 5.09. The van der Waals surface area contributed by atoms with Crippen molar-refractivity contribution >= 4 is 21.9 Å². The van der Waals surface area contributed by atoms with Gasteiger partial charge in [-0.15, -0.1) is 0 Å². The monoisotopic (exact) mass is 356 g/mol. The highest BCUT2D eigenvalue weighted by atomic mass is 32.2. The van der Waals surface area contributed by atoms with E-state index in [0.29, 0.717) is 5.56 Å². The summed E-state index contributed by atoms with van der Waals surface area (Å²) in [4.78, 5) is 23.1. The molecule has 0 aliphatic heterocycles. The third-order valence-electron chi connectivity index (χ3n) is 3.07. The summed E-state index contributed by atoms with van der Waals surface area (Å²) in [5, 5.41) is 2.58. The fourth-order valence-electron chi connectivity index (χ4n) is 1.94. The third kappa shape index (κ3) is 6.67. The molecular weight excluding hydrogens is 332 g/mol. The Balaban J connectivity index is 2.47. The number of rotatable bonds is 8. The van der Waals surface area contributed by atoms with Crippen LogP contribution in [0.25, 0.3) is 0 Å². The van der Waals surface area contributed by atoms with E-state index in [1.807, 2.05) is 6.07 Å². The molecule has 1 aromatic rings. The molecule has 0 heterocycles. The van der Waals surface area contributed by atoms with Gasteiger partial charge in [-0.05, 0) is 44.9 Å². The molecule has 0 saturated carbocycles. The molecule has 24 heavy (non-hydrogen) atoms. The fourth-order valence-corrected chi connectivity index (χ4v) is 3.30. The maximum Gasteiger partial charge on any atom is 0.307 e. The van der Waals surface area contributed by atoms with E-state index in [1.54, 1.807) is 39.8 Å². The van der Waals surface area contributed by atoms with Crippen LogP contribution in [-0.2, 0) is 24.3 Å². The molecule has 0 aliphatic carbocycles. The molecule has 0 saturated heterocycles. The second-order valence-corrected chi connectivity index (χ2v) is 7.53. The topological polar surface area (TPSA) is 102 Å². The minimum absolute atomic E-state index is 0.0411. The van der Waals surface area contributed by atoms with Crippen LogP contribution in [0.5, 0.6) is 0 Å². The Morgan fingerprint density at radius 2 is 1.88 bits per heavy atom. The number of aryl methyl sites for hydroxylation is 2. The molecule has 2 N–H and O–H groups in total. The van der Waals surface area contributed by atoms with Gasteiger partial charge in [-0.3, -0.25) is 9.59 Å². The smallest absolute Gasteiger partial charge is 0.307 e. The highest BCUT2D eigenvalue weighted by molar-refractivity contribution is 7.89. The van der Waals surface area contributed by atoms with Gasteiger partial charge in [-0.25, -0.2) is 13.1 Å². The summed E-state index contributed by atoms with van der Waals surface area (Å²) in [7, 11) is -3.69. The number of sulfonamides is 1. The van der Waals surface area contributed by atoms with Gasteiger partial charge >= 0.3 is 5.97 Å². The lowest BCUT2D eigenvalue weighted by molar-refractivity contribution is -0.148. The van der Waals surface area contributed by atoms with Crippen molar-refractivity contribution in [2.45, 2.75) is 45.1 Å². The summed E-state index contributed by atoms with van der Waals surface area (Å²) in [5.74, 6) is -1.04. The number of carbonyl (C=O) groups is 2. The highest BCUT2D eigenvalue weighted by Crippen LogP contribution is 2.16. The first-order valence-electron chi connectivity index (χ1n) is 7.63. The Bertz CT molecular complexity index is 698. The average molecular weight is 356 g/mol. The van der Waals surface area contributed by atoms with Crippen LogP contribution in [0.1, 0.15) is 31.4 Å². The van der Waals surface area contributed by atoms with Crippen molar-refractivity contribution in [3.05, 3.63) is 29.3 Å². The van der Waals surface area contributed by atoms with E-state index in [-0.39, 0.29) is 30.5 Å². The minimum atomic E-state index is -3.69. The lowest BCUT2D eigenvalue weighted by atomic mass is 10.2. The lowest BCUT2D eigenvalue weighted by Gasteiger charge is -2.11. The summed E-state index contributed by atoms with van der Waals surface area (Å²) < 4.78 is 31.6. The van der Waals surface area contributed by atoms with E-state index in [4.69, 9.17) is 4.74 Å². The number of hydrogen-bond acceptors (Lipinski definition) is 5. The van der Waals surface area contributed by atoms with Gasteiger partial charge in [-0.2, -0.15) is 0 Å². The largest absolute Gasteiger partial charge is 0.456 e. The Hall–Kier alpha value is -1.93. The van der Waals surface area contributed by atoms with Crippen molar-refractivity contribution in [3.63, 3.8) is 0 Å². The molecule has 1 aromatic carbocycles. The van der Waals surface area contributed by atoms with E-state index in [2.05, 4.69) is 10.0 Å². The molecule has 0 aliphatic rings. The zero-order valence-electron chi connectivity index (χ0n) is 14.4. The third-order valence-corrected chi connectivity index (χ3v) is 4.67. The van der Waals surface area contributed by atoms with Crippen LogP contribution >= 0.6 is 0 Å². The van der Waals surface area contributed by atoms with Crippen LogP contribution in [0.3, 0.4) is 0 Å². The summed E-state index contributed by atoms with van der Waals surface area (Å²) in [5.41, 5.74) is 1.46. The maximum absolute atomic E-state index is 12.2. The molecule has 0 atom stereocenters. The fraction of sp³-hybridized carbons (Fsp3) is 0.500. The van der Waals surface area contributed by atoms with Gasteiger partial charge in [0, 0.05) is 12.6 Å². The van der Waals surface area contributed by atoms with Gasteiger partial charge in [0.1, 0.15) is 0 Å². The lowest BCUT2D eigenvalue weighted by Crippen LogP contribution is -2.34. The van der Waals surface area contributed by atoms with Crippen molar-refractivity contribution in [1.82, 2.24) is 10.0 Å². The first-order chi connectivity index (χ1) is 11.1. The summed E-state index contributed by atoms with van der Waals surface area (Å²) in [6.45, 7) is 6.62. The van der Waals surface area contributed by atoms with Crippen LogP contribution in [-0.4, -0.2) is 39.5 Å². The number of ether oxygens (including phenoxy) is 1. The van der Waals surface area contributed by atoms with E-state index in [1.165, 1.54) is 0 Å². The van der Waals surface area contributed by atoms with Gasteiger partial charge in [0.15, 0.2) is 6.61 Å². The molecule has 0 unspecified atom stereocenters. The zero-order valence-corrected chi connectivity index (χ0v) is 15.2. The first-order valence-corrected chi connectivity index (χ1v) is 9.12. The number of esters is 1. The number of nitrogens with one attached hydrogen (secondary N) is 2. The van der Waals surface area contributed by atoms with Crippen LogP contribution in [0.2, 0.25) is 0 Å². The normalized spacial score (nSPS) is 11.4. The molecule has 1 rings (SSSR count). The standard InChI is InChI=1S/C16H24N2O5S/c1-11(2)18-15(19)10-23-16(20)7-8-17-24(21,22)14-9-12(3)5-6-13(14)4/h5-6,9,11,17H,7-8,10H2,1-4H3,(H,18,19). The summed E-state index contributed by atoms with van der Waals surface area (Å²) >= 11 is 0. The zero-order chi connectivity index (χ0) is 18.3. The molecule has 0 fully saturated rings. The van der Waals surface area contributed by atoms with Gasteiger partial charge in [0.05, 0.1) is 11.3 Å². The van der Waals surface area contributed by atoms with Crippen molar-refractivity contribution in [1.29, 1.82) is 0 Å². The molecule has 0 bridgehead atoms. The highest BCUT2D eigenvalue weighted by Gasteiger charge is 2.17. The first kappa shape index (κ1) is 20.1. The number of hydrogen-bond donors (Lipinski definition) is 2. The molecule has 8 heteroatoms. The number of benzene rings is 1. The quantitative estimate of drug-likeness (QED) is 0.678. The van der Waals surface area contributed by atoms with Crippen molar-refractivity contribution < 1.29 is 22.7 Å². The second kappa shape index (κ2) is 8.79. The number of carbonyl (C=O) groups excluding carboxylic acids is 2. The van der Waals surface area contributed by atoms with Gasteiger partial charge in [0.2, 0.25) is 10.0 Å². The Morgan fingerprint density at radius 3 is 2.50 bits per heavy atom. The van der Waals surface area contributed by atoms with E-state index in [9.17, 15) is 18.0 Å². The Morgan fingerprint density at radius 1 is 1.21 bits per heavy atom. The molecule has 0 spiro atoms. The van der Waals surface area contributed by atoms with E-state index < -0.39 is 21.9 Å². The second-order valence-electron chi connectivity index (χ2n) is 5.80. The van der Waals surface area contributed by atoms with Crippen LogP contribution in [0, 0.1) is 13.8 Å². The van der Waals surface area contributed by atoms with E-state index >= 15 is 0 Å². The predicted molar refractivity (Wildman–Crippen MR) is 90.0 cm³/mol.